The molecule has 3 rings (SSSR count). The Kier molecular flexibility index (Phi) is 24.3. The van der Waals surface area contributed by atoms with E-state index in [-0.39, 0.29) is 18.8 Å². The van der Waals surface area contributed by atoms with Gasteiger partial charge in [0.2, 0.25) is 59.1 Å². The number of fused-ring (bicyclic) bond motifs is 1. The molecule has 2 heterocycles. The van der Waals surface area contributed by atoms with Crippen molar-refractivity contribution in [2.24, 2.45) is 23.7 Å². The largest absolute Gasteiger partial charge is 0.467 e. The molecular formula is C57H91N11O12. The summed E-state index contributed by atoms with van der Waals surface area (Å²) in [5.74, 6) is -8.65. The minimum absolute atomic E-state index is 0.0986. The van der Waals surface area contributed by atoms with Crippen LogP contribution in [0.2, 0.25) is 0 Å². The Morgan fingerprint density at radius 1 is 0.625 bits per heavy atom. The number of para-hydroxylation sites is 1. The number of hydrogen-bond donors (Lipinski definition) is 10. The molecular weight excluding hydrogens is 1030 g/mol. The summed E-state index contributed by atoms with van der Waals surface area (Å²) in [6.07, 6.45) is 3.93. The van der Waals surface area contributed by atoms with Gasteiger partial charge < -0.3 is 62.5 Å². The molecule has 1 aromatic heterocycles. The van der Waals surface area contributed by atoms with Gasteiger partial charge >= 0.3 is 5.97 Å². The molecule has 9 atom stereocenters. The number of amides is 10. The Bertz CT molecular complexity index is 2570. The quantitative estimate of drug-likeness (QED) is 0.0549. The molecule has 0 spiro atoms. The lowest BCUT2D eigenvalue weighted by molar-refractivity contribution is -0.153. The Morgan fingerprint density at radius 2 is 1.15 bits per heavy atom. The first-order valence-electron chi connectivity index (χ1n) is 27.8. The van der Waals surface area contributed by atoms with Gasteiger partial charge in [-0.05, 0) is 103 Å². The van der Waals surface area contributed by atoms with Crippen LogP contribution in [0, 0.1) is 23.7 Å². The number of aromatic amines is 1. The lowest BCUT2D eigenvalue weighted by atomic mass is 9.94. The number of carbonyl (C=O) groups excluding carboxylic acids is 11. The van der Waals surface area contributed by atoms with E-state index >= 15 is 0 Å². The molecule has 1 aliphatic heterocycles. The average molecular weight is 1120 g/mol. The van der Waals surface area contributed by atoms with Crippen molar-refractivity contribution in [1.29, 1.82) is 0 Å². The third kappa shape index (κ3) is 18.2. The van der Waals surface area contributed by atoms with E-state index in [1.54, 1.807) is 40.8 Å². The van der Waals surface area contributed by atoms with Gasteiger partial charge in [-0.25, -0.2) is 4.79 Å². The van der Waals surface area contributed by atoms with Gasteiger partial charge in [0, 0.05) is 37.0 Å². The number of nitrogens with one attached hydrogen (secondary N) is 10. The van der Waals surface area contributed by atoms with Crippen molar-refractivity contribution in [2.75, 3.05) is 13.7 Å². The molecule has 1 aliphatic rings. The van der Waals surface area contributed by atoms with Crippen molar-refractivity contribution < 1.29 is 57.5 Å². The van der Waals surface area contributed by atoms with Gasteiger partial charge in [-0.3, -0.25) is 47.9 Å². The first-order chi connectivity index (χ1) is 37.1. The lowest BCUT2D eigenvalue weighted by Crippen LogP contribution is -2.65. The fourth-order valence-corrected chi connectivity index (χ4v) is 9.26. The smallest absolute Gasteiger partial charge is 0.328 e. The van der Waals surface area contributed by atoms with Crippen LogP contribution in [0.4, 0.5) is 0 Å². The molecule has 0 unspecified atom stereocenters. The van der Waals surface area contributed by atoms with Crippen molar-refractivity contribution in [3.8, 4) is 0 Å². The van der Waals surface area contributed by atoms with Crippen LogP contribution in [-0.4, -0.2) is 147 Å². The highest BCUT2D eigenvalue weighted by molar-refractivity contribution is 6.01. The van der Waals surface area contributed by atoms with Crippen molar-refractivity contribution in [3.05, 3.63) is 36.0 Å². The number of rotatable bonds is 28. The molecule has 23 heteroatoms. The summed E-state index contributed by atoms with van der Waals surface area (Å²) < 4.78 is 4.89. The second kappa shape index (κ2) is 28.9. The Balaban J connectivity index is 1.70. The second-order valence-electron chi connectivity index (χ2n) is 23.7. The molecule has 1 aromatic carbocycles. The maximum absolute atomic E-state index is 14.2. The number of benzene rings is 1. The third-order valence-electron chi connectivity index (χ3n) is 14.7. The zero-order chi connectivity index (χ0) is 60.8. The van der Waals surface area contributed by atoms with E-state index in [1.807, 2.05) is 45.0 Å². The zero-order valence-electron chi connectivity index (χ0n) is 50.0. The van der Waals surface area contributed by atoms with Crippen LogP contribution in [0.1, 0.15) is 148 Å². The van der Waals surface area contributed by atoms with Crippen molar-refractivity contribution in [1.82, 2.24) is 57.7 Å². The van der Waals surface area contributed by atoms with Gasteiger partial charge in [0.25, 0.3) is 0 Å². The van der Waals surface area contributed by atoms with Crippen LogP contribution >= 0.6 is 0 Å². The van der Waals surface area contributed by atoms with Crippen LogP contribution in [0.25, 0.3) is 10.9 Å². The maximum Gasteiger partial charge on any atom is 0.328 e. The van der Waals surface area contributed by atoms with Gasteiger partial charge in [-0.2, -0.15) is 0 Å². The topological polar surface area (TPSA) is 324 Å². The summed E-state index contributed by atoms with van der Waals surface area (Å²) in [4.78, 5) is 154. The summed E-state index contributed by atoms with van der Waals surface area (Å²) in [6.45, 7) is 25.9. The number of nitrogens with zero attached hydrogens (tertiary/aromatic N) is 1. The fourth-order valence-electron chi connectivity index (χ4n) is 9.26. The molecule has 1 fully saturated rings. The number of methoxy groups -OCH3 is 1. The van der Waals surface area contributed by atoms with E-state index < -0.39 is 142 Å². The summed E-state index contributed by atoms with van der Waals surface area (Å²) in [7, 11) is 1.24. The minimum atomic E-state index is -1.66. The minimum Gasteiger partial charge on any atom is -0.467 e. The lowest BCUT2D eigenvalue weighted by Gasteiger charge is -2.35. The average Bonchev–Trinajstić information content (AvgIpc) is 4.04. The van der Waals surface area contributed by atoms with Crippen LogP contribution in [0.5, 0.6) is 0 Å². The Morgan fingerprint density at radius 3 is 1.70 bits per heavy atom. The van der Waals surface area contributed by atoms with Crippen LogP contribution < -0.4 is 47.9 Å². The maximum atomic E-state index is 14.2. The number of esters is 1. The van der Waals surface area contributed by atoms with E-state index in [0.717, 1.165) is 16.5 Å². The third-order valence-corrected chi connectivity index (χ3v) is 14.7. The van der Waals surface area contributed by atoms with Gasteiger partial charge in [-0.1, -0.05) is 86.4 Å². The summed E-state index contributed by atoms with van der Waals surface area (Å²) in [6, 6.07) is -0.221. The second-order valence-corrected chi connectivity index (χ2v) is 23.7. The van der Waals surface area contributed by atoms with Crippen molar-refractivity contribution in [3.63, 3.8) is 0 Å². The first-order valence-corrected chi connectivity index (χ1v) is 27.8. The van der Waals surface area contributed by atoms with Gasteiger partial charge in [-0.15, -0.1) is 0 Å². The molecule has 0 radical (unpaired) electrons. The Labute approximate surface area is 471 Å². The number of ether oxygens (including phenoxy) is 1. The zero-order valence-corrected chi connectivity index (χ0v) is 50.0. The summed E-state index contributed by atoms with van der Waals surface area (Å²) in [5, 5.41) is 25.3. The van der Waals surface area contributed by atoms with E-state index in [2.05, 4.69) is 52.8 Å². The number of carbonyl (C=O) groups is 11. The number of likely N-dealkylation sites (tertiary alicyclic amines) is 1. The monoisotopic (exact) mass is 1120 g/mol. The number of H-pyrrole nitrogens is 1. The first kappa shape index (κ1) is 67.2. The van der Waals surface area contributed by atoms with Crippen molar-refractivity contribution in [2.45, 2.75) is 208 Å². The highest BCUT2D eigenvalue weighted by atomic mass is 16.5. The van der Waals surface area contributed by atoms with E-state index in [0.29, 0.717) is 32.2 Å². The summed E-state index contributed by atoms with van der Waals surface area (Å²) >= 11 is 0. The predicted octanol–water partition coefficient (Wildman–Crippen LogP) is 2.30. The SMILES string of the molecule is CC[C@H](C)[C@H](NC(=O)[C@H](Cc1c[nH]c2ccccc12)NC(C)=O)C(=O)N[C@@H](C)C(=O)NC(C)(C)C(=O)N[C@H](C(=O)N[C@H](C(=O)NC(C)(C)C(=O)N[C@@H](CC(C)C)C(=O)NC(C)(C)C(=O)N1CCC[C@H]1C(=O)OC)C(C)C)[C@@H](C)CC. The van der Waals surface area contributed by atoms with E-state index in [1.165, 1.54) is 67.4 Å². The van der Waals surface area contributed by atoms with Crippen LogP contribution in [0.15, 0.2) is 30.5 Å². The van der Waals surface area contributed by atoms with Crippen molar-refractivity contribution >= 4 is 75.9 Å². The highest BCUT2D eigenvalue weighted by Gasteiger charge is 2.44. The fraction of sp³-hybridized carbons (Fsp3) is 0.667. The highest BCUT2D eigenvalue weighted by Crippen LogP contribution is 2.24. The molecule has 10 N–H and O–H groups in total. The molecule has 0 saturated carbocycles. The molecule has 0 bridgehead atoms. The van der Waals surface area contributed by atoms with Gasteiger partial charge in [0.15, 0.2) is 0 Å². The standard InChI is InChI=1S/C57H91N11O12/c1-18-32(7)43(63-46(71)40(60-35(10)69)28-36-29-58-38-24-21-20-23-37(36)38)48(73)59-34(9)45(70)65-56(13,14)53(78)64-44(33(8)19-2)49(74)62-42(31(5)6)50(75)67-55(11,12)52(77)61-39(27-30(3)4)47(72)66-57(15,16)54(79)68-26-22-25-41(68)51(76)80-17/h20-21,23-24,29-34,39-44,58H,18-19,22,25-28H2,1-17H3,(H,59,73)(H,60,69)(H,61,77)(H,62,74)(H,63,71)(H,64,78)(H,65,70)(H,66,72)(H,67,75)/t32-,33-,34-,39-,40-,41-,42-,43-,44-/m0/s1. The van der Waals surface area contributed by atoms with Gasteiger partial charge in [0.05, 0.1) is 7.11 Å². The molecule has 1 saturated heterocycles. The molecule has 2 aromatic rings. The summed E-state index contributed by atoms with van der Waals surface area (Å²) in [5.41, 5.74) is -3.15. The van der Waals surface area contributed by atoms with Gasteiger partial charge in [0.1, 0.15) is 58.9 Å². The van der Waals surface area contributed by atoms with E-state index in [4.69, 9.17) is 4.74 Å². The van der Waals surface area contributed by atoms with Crippen LogP contribution in [0.3, 0.4) is 0 Å². The predicted molar refractivity (Wildman–Crippen MR) is 302 cm³/mol. The normalized spacial score (nSPS) is 16.8. The Hall–Kier alpha value is -7.07. The molecule has 0 aliphatic carbocycles. The molecule has 80 heavy (non-hydrogen) atoms. The van der Waals surface area contributed by atoms with E-state index in [9.17, 15) is 52.7 Å². The molecule has 23 nitrogen and oxygen atoms in total. The number of aromatic nitrogens is 1. The molecule has 10 amide bonds. The number of hydrogen-bond acceptors (Lipinski definition) is 12. The molecule has 446 valence electrons. The van der Waals surface area contributed by atoms with Crippen LogP contribution in [-0.2, 0) is 63.9 Å².